The largest absolute Gasteiger partial charge is 0.351 e. The number of aryl methyl sites for hydroxylation is 1. The number of carbonyl (C=O) groups is 1. The van der Waals surface area contributed by atoms with Crippen molar-refractivity contribution < 1.29 is 4.79 Å². The predicted octanol–water partition coefficient (Wildman–Crippen LogP) is 3.61. The zero-order valence-corrected chi connectivity index (χ0v) is 15.5. The summed E-state index contributed by atoms with van der Waals surface area (Å²) in [6.45, 7) is 3.56. The van der Waals surface area contributed by atoms with Crippen LogP contribution in [0, 0.1) is 6.92 Å². The fourth-order valence-electron chi connectivity index (χ4n) is 2.53. The van der Waals surface area contributed by atoms with Crippen molar-refractivity contribution in [3.63, 3.8) is 0 Å². The van der Waals surface area contributed by atoms with E-state index in [-0.39, 0.29) is 5.91 Å². The Morgan fingerprint density at radius 3 is 2.54 bits per heavy atom. The Morgan fingerprint density at radius 1 is 1.08 bits per heavy atom. The van der Waals surface area contributed by atoms with Crippen LogP contribution in [0.3, 0.4) is 0 Å². The summed E-state index contributed by atoms with van der Waals surface area (Å²) < 4.78 is 0. The van der Waals surface area contributed by atoms with Crippen LogP contribution >= 0.6 is 11.8 Å². The first-order valence-electron chi connectivity index (χ1n) is 8.16. The molecule has 0 radical (unpaired) electrons. The van der Waals surface area contributed by atoms with E-state index in [0.717, 1.165) is 12.3 Å². The second kappa shape index (κ2) is 9.50. The minimum absolute atomic E-state index is 0.0901. The van der Waals surface area contributed by atoms with Crippen molar-refractivity contribution in [2.24, 2.45) is 0 Å². The molecule has 2 aromatic carbocycles. The highest BCUT2D eigenvalue weighted by molar-refractivity contribution is 7.99. The molecule has 2 aromatic rings. The van der Waals surface area contributed by atoms with Gasteiger partial charge in [-0.05, 0) is 37.7 Å². The van der Waals surface area contributed by atoms with Gasteiger partial charge in [-0.2, -0.15) is 0 Å². The Balaban J connectivity index is 1.77. The number of thioether (sulfide) groups is 1. The molecule has 0 bridgehead atoms. The third kappa shape index (κ3) is 6.38. The molecule has 1 amide bonds. The highest BCUT2D eigenvalue weighted by Gasteiger charge is 2.06. The maximum Gasteiger partial charge on any atom is 0.230 e. The molecule has 0 aliphatic carbocycles. The number of hydrogen-bond acceptors (Lipinski definition) is 3. The number of hydrogen-bond donors (Lipinski definition) is 1. The van der Waals surface area contributed by atoms with Gasteiger partial charge >= 0.3 is 0 Å². The molecule has 128 valence electrons. The molecule has 0 atom stereocenters. The standard InChI is InChI=1S/C20H26N2OS/c1-16-7-6-8-17(11-16)14-24-15-20(23)21-12-18-9-4-5-10-19(18)13-22(2)3/h4-11H,12-15H2,1-3H3,(H,21,23). The van der Waals surface area contributed by atoms with Crippen LogP contribution in [0.15, 0.2) is 48.5 Å². The maximum absolute atomic E-state index is 12.1. The van der Waals surface area contributed by atoms with Gasteiger partial charge in [0.05, 0.1) is 5.75 Å². The van der Waals surface area contributed by atoms with Crippen LogP contribution in [0.4, 0.5) is 0 Å². The van der Waals surface area contributed by atoms with E-state index in [1.807, 2.05) is 12.1 Å². The van der Waals surface area contributed by atoms with Gasteiger partial charge in [0.2, 0.25) is 5.91 Å². The first kappa shape index (κ1) is 18.6. The Kier molecular flexibility index (Phi) is 7.35. The lowest BCUT2D eigenvalue weighted by molar-refractivity contribution is -0.118. The van der Waals surface area contributed by atoms with Crippen molar-refractivity contribution in [2.45, 2.75) is 25.8 Å². The second-order valence-corrected chi connectivity index (χ2v) is 7.25. The van der Waals surface area contributed by atoms with Crippen molar-refractivity contribution in [3.05, 3.63) is 70.8 Å². The Morgan fingerprint density at radius 2 is 1.83 bits per heavy atom. The van der Waals surface area contributed by atoms with E-state index in [1.54, 1.807) is 11.8 Å². The van der Waals surface area contributed by atoms with E-state index in [2.05, 4.69) is 67.6 Å². The fourth-order valence-corrected chi connectivity index (χ4v) is 3.34. The van der Waals surface area contributed by atoms with Crippen LogP contribution in [-0.4, -0.2) is 30.7 Å². The van der Waals surface area contributed by atoms with Crippen LogP contribution in [0.2, 0.25) is 0 Å². The highest BCUT2D eigenvalue weighted by atomic mass is 32.2. The molecular formula is C20H26N2OS. The molecule has 24 heavy (non-hydrogen) atoms. The molecule has 0 saturated heterocycles. The molecule has 0 saturated carbocycles. The Labute approximate surface area is 149 Å². The number of nitrogens with zero attached hydrogens (tertiary/aromatic N) is 1. The predicted molar refractivity (Wildman–Crippen MR) is 103 cm³/mol. The second-order valence-electron chi connectivity index (χ2n) is 6.27. The number of rotatable bonds is 8. The van der Waals surface area contributed by atoms with Crippen LogP contribution in [0.5, 0.6) is 0 Å². The van der Waals surface area contributed by atoms with Gasteiger partial charge in [0.15, 0.2) is 0 Å². The molecule has 2 rings (SSSR count). The topological polar surface area (TPSA) is 32.3 Å². The average molecular weight is 343 g/mol. The summed E-state index contributed by atoms with van der Waals surface area (Å²) in [7, 11) is 4.11. The average Bonchev–Trinajstić information content (AvgIpc) is 2.53. The molecule has 0 aromatic heterocycles. The molecule has 0 spiro atoms. The summed E-state index contributed by atoms with van der Waals surface area (Å²) in [5.74, 6) is 1.45. The van der Waals surface area contributed by atoms with Gasteiger partial charge in [0.1, 0.15) is 0 Å². The summed E-state index contributed by atoms with van der Waals surface area (Å²) in [5.41, 5.74) is 4.97. The lowest BCUT2D eigenvalue weighted by atomic mass is 10.1. The minimum Gasteiger partial charge on any atom is -0.351 e. The first-order valence-corrected chi connectivity index (χ1v) is 9.31. The van der Waals surface area contributed by atoms with Crippen molar-refractivity contribution in [1.29, 1.82) is 0 Å². The van der Waals surface area contributed by atoms with E-state index in [1.165, 1.54) is 22.3 Å². The van der Waals surface area contributed by atoms with Gasteiger partial charge in [-0.25, -0.2) is 0 Å². The Hall–Kier alpha value is -1.78. The summed E-state index contributed by atoms with van der Waals surface area (Å²) in [4.78, 5) is 14.2. The van der Waals surface area contributed by atoms with E-state index >= 15 is 0 Å². The van der Waals surface area contributed by atoms with Crippen molar-refractivity contribution in [2.75, 3.05) is 19.8 Å². The third-order valence-corrected chi connectivity index (χ3v) is 4.67. The number of carbonyl (C=O) groups excluding carboxylic acids is 1. The Bertz CT molecular complexity index is 670. The first-order chi connectivity index (χ1) is 11.5. The monoisotopic (exact) mass is 342 g/mol. The van der Waals surface area contributed by atoms with Gasteiger partial charge in [-0.15, -0.1) is 11.8 Å². The van der Waals surface area contributed by atoms with E-state index < -0.39 is 0 Å². The SMILES string of the molecule is Cc1cccc(CSCC(=O)NCc2ccccc2CN(C)C)c1. The quantitative estimate of drug-likeness (QED) is 0.795. The summed E-state index contributed by atoms with van der Waals surface area (Å²) in [5, 5.41) is 3.03. The third-order valence-electron chi connectivity index (χ3n) is 3.67. The van der Waals surface area contributed by atoms with Crippen LogP contribution in [0.1, 0.15) is 22.3 Å². The molecule has 4 heteroatoms. The summed E-state index contributed by atoms with van der Waals surface area (Å²) >= 11 is 1.65. The minimum atomic E-state index is 0.0901. The van der Waals surface area contributed by atoms with E-state index in [0.29, 0.717) is 12.3 Å². The van der Waals surface area contributed by atoms with Gasteiger partial charge in [0.25, 0.3) is 0 Å². The molecule has 0 aliphatic rings. The zero-order chi connectivity index (χ0) is 17.4. The molecule has 3 nitrogen and oxygen atoms in total. The molecule has 1 N–H and O–H groups in total. The molecule has 0 unspecified atom stereocenters. The smallest absolute Gasteiger partial charge is 0.230 e. The number of amides is 1. The van der Waals surface area contributed by atoms with E-state index in [9.17, 15) is 4.79 Å². The van der Waals surface area contributed by atoms with Gasteiger partial charge in [0, 0.05) is 18.8 Å². The van der Waals surface area contributed by atoms with E-state index in [4.69, 9.17) is 0 Å². The van der Waals surface area contributed by atoms with Crippen LogP contribution < -0.4 is 5.32 Å². The zero-order valence-electron chi connectivity index (χ0n) is 14.7. The number of nitrogens with one attached hydrogen (secondary N) is 1. The van der Waals surface area contributed by atoms with Gasteiger partial charge in [-0.1, -0.05) is 54.1 Å². The lowest BCUT2D eigenvalue weighted by Gasteiger charge is -2.14. The lowest BCUT2D eigenvalue weighted by Crippen LogP contribution is -2.25. The molecule has 0 fully saturated rings. The van der Waals surface area contributed by atoms with Gasteiger partial charge < -0.3 is 10.2 Å². The van der Waals surface area contributed by atoms with Crippen molar-refractivity contribution in [3.8, 4) is 0 Å². The highest BCUT2D eigenvalue weighted by Crippen LogP contribution is 2.14. The number of benzene rings is 2. The maximum atomic E-state index is 12.1. The normalized spacial score (nSPS) is 10.8. The summed E-state index contributed by atoms with van der Waals surface area (Å²) in [6.07, 6.45) is 0. The molecule has 0 aliphatic heterocycles. The van der Waals surface area contributed by atoms with Crippen LogP contribution in [0.25, 0.3) is 0 Å². The molecular weight excluding hydrogens is 316 g/mol. The van der Waals surface area contributed by atoms with Crippen LogP contribution in [-0.2, 0) is 23.6 Å². The fraction of sp³-hybridized carbons (Fsp3) is 0.350. The molecule has 0 heterocycles. The van der Waals surface area contributed by atoms with Gasteiger partial charge in [-0.3, -0.25) is 4.79 Å². The van der Waals surface area contributed by atoms with Crippen molar-refractivity contribution >= 4 is 17.7 Å². The summed E-state index contributed by atoms with van der Waals surface area (Å²) in [6, 6.07) is 16.7. The van der Waals surface area contributed by atoms with Crippen molar-refractivity contribution in [1.82, 2.24) is 10.2 Å².